The first kappa shape index (κ1) is 20.7. The van der Waals surface area contributed by atoms with Gasteiger partial charge >= 0.3 is 0 Å². The monoisotopic (exact) mass is 385 g/mol. The molecule has 0 radical (unpaired) electrons. The summed E-state index contributed by atoms with van der Waals surface area (Å²) in [5.41, 5.74) is 7.01. The molecule has 150 valence electrons. The Morgan fingerprint density at radius 3 is 1.72 bits per heavy atom. The van der Waals surface area contributed by atoms with Gasteiger partial charge in [-0.2, -0.15) is 5.10 Å². The number of rotatable bonds is 8. The zero-order valence-corrected chi connectivity index (χ0v) is 18.0. The van der Waals surface area contributed by atoms with E-state index in [2.05, 4.69) is 105 Å². The molecule has 0 unspecified atom stereocenters. The molecule has 0 amide bonds. The summed E-state index contributed by atoms with van der Waals surface area (Å²) in [6, 6.07) is 25.7. The lowest BCUT2D eigenvalue weighted by Crippen LogP contribution is -2.21. The largest absolute Gasteiger partial charge is 0.372 e. The van der Waals surface area contributed by atoms with E-state index in [9.17, 15) is 0 Å². The molecule has 0 saturated carbocycles. The number of anilines is 3. The predicted molar refractivity (Wildman–Crippen MR) is 127 cm³/mol. The highest BCUT2D eigenvalue weighted by Crippen LogP contribution is 2.27. The van der Waals surface area contributed by atoms with Crippen LogP contribution in [0.2, 0.25) is 0 Å². The first-order chi connectivity index (χ1) is 14.1. The fourth-order valence-corrected chi connectivity index (χ4v) is 3.33. The average Bonchev–Trinajstić information content (AvgIpc) is 2.77. The quantitative estimate of drug-likeness (QED) is 0.322. The van der Waals surface area contributed by atoms with Crippen molar-refractivity contribution in [2.75, 3.05) is 23.0 Å². The standard InChI is InChI=1S/C26H31N3/c1-5-22-10-18-26(19-11-22)29(25-14-8-21(4)9-15-25)27-20-23-12-16-24(17-13-23)28(6-2)7-3/h8-20H,5-7H2,1-4H3/b27-20-. The third kappa shape index (κ3) is 5.26. The van der Waals surface area contributed by atoms with Crippen molar-refractivity contribution in [3.63, 3.8) is 0 Å². The zero-order chi connectivity index (χ0) is 20.6. The Morgan fingerprint density at radius 2 is 1.21 bits per heavy atom. The van der Waals surface area contributed by atoms with Crippen LogP contribution in [0.1, 0.15) is 37.5 Å². The van der Waals surface area contributed by atoms with Crippen LogP contribution in [0.5, 0.6) is 0 Å². The van der Waals surface area contributed by atoms with E-state index >= 15 is 0 Å². The number of nitrogens with zero attached hydrogens (tertiary/aromatic N) is 3. The third-order valence-electron chi connectivity index (χ3n) is 5.21. The molecule has 0 aliphatic heterocycles. The van der Waals surface area contributed by atoms with Crippen molar-refractivity contribution in [3.8, 4) is 0 Å². The first-order valence-corrected chi connectivity index (χ1v) is 10.5. The molecule has 0 aliphatic rings. The molecule has 3 nitrogen and oxygen atoms in total. The highest BCUT2D eigenvalue weighted by molar-refractivity contribution is 5.82. The summed E-state index contributed by atoms with van der Waals surface area (Å²) >= 11 is 0. The van der Waals surface area contributed by atoms with Gasteiger partial charge in [0.15, 0.2) is 0 Å². The molecular weight excluding hydrogens is 354 g/mol. The van der Waals surface area contributed by atoms with Crippen molar-refractivity contribution in [1.29, 1.82) is 0 Å². The van der Waals surface area contributed by atoms with Crippen LogP contribution in [0, 0.1) is 6.92 Å². The molecule has 0 aliphatic carbocycles. The van der Waals surface area contributed by atoms with Crippen molar-refractivity contribution in [3.05, 3.63) is 89.5 Å². The molecule has 0 spiro atoms. The van der Waals surface area contributed by atoms with Gasteiger partial charge in [-0.25, -0.2) is 5.01 Å². The molecule has 0 aromatic heterocycles. The summed E-state index contributed by atoms with van der Waals surface area (Å²) in [5.74, 6) is 0. The second-order valence-corrected chi connectivity index (χ2v) is 7.18. The van der Waals surface area contributed by atoms with Crippen LogP contribution in [-0.2, 0) is 6.42 Å². The summed E-state index contributed by atoms with van der Waals surface area (Å²) < 4.78 is 0. The van der Waals surface area contributed by atoms with Gasteiger partial charge in [0.2, 0.25) is 0 Å². The van der Waals surface area contributed by atoms with Crippen LogP contribution in [0.25, 0.3) is 0 Å². The summed E-state index contributed by atoms with van der Waals surface area (Å²) in [7, 11) is 0. The molecule has 0 heterocycles. The van der Waals surface area contributed by atoms with Crippen LogP contribution < -0.4 is 9.91 Å². The summed E-state index contributed by atoms with van der Waals surface area (Å²) in [6.45, 7) is 10.7. The first-order valence-electron chi connectivity index (χ1n) is 10.5. The van der Waals surface area contributed by atoms with E-state index in [0.29, 0.717) is 0 Å². The summed E-state index contributed by atoms with van der Waals surface area (Å²) in [5, 5.41) is 6.83. The van der Waals surface area contributed by atoms with E-state index in [1.807, 2.05) is 11.2 Å². The van der Waals surface area contributed by atoms with Crippen LogP contribution in [0.4, 0.5) is 17.1 Å². The van der Waals surface area contributed by atoms with E-state index in [-0.39, 0.29) is 0 Å². The van der Waals surface area contributed by atoms with Crippen molar-refractivity contribution in [1.82, 2.24) is 0 Å². The topological polar surface area (TPSA) is 18.8 Å². The van der Waals surface area contributed by atoms with E-state index in [4.69, 9.17) is 5.10 Å². The molecule has 0 N–H and O–H groups in total. The van der Waals surface area contributed by atoms with Gasteiger partial charge < -0.3 is 4.90 Å². The highest BCUT2D eigenvalue weighted by Gasteiger charge is 2.08. The SMILES string of the molecule is CCc1ccc(N(/N=C\c2ccc(N(CC)CC)cc2)c2ccc(C)cc2)cc1. The molecular formula is C26H31N3. The average molecular weight is 386 g/mol. The van der Waals surface area contributed by atoms with E-state index in [1.165, 1.54) is 16.8 Å². The van der Waals surface area contributed by atoms with Crippen LogP contribution in [-0.4, -0.2) is 19.3 Å². The zero-order valence-electron chi connectivity index (χ0n) is 18.0. The second kappa shape index (κ2) is 9.92. The highest BCUT2D eigenvalue weighted by atomic mass is 15.5. The number of benzene rings is 3. The molecule has 0 atom stereocenters. The van der Waals surface area contributed by atoms with Crippen molar-refractivity contribution in [2.24, 2.45) is 5.10 Å². The maximum Gasteiger partial charge on any atom is 0.0652 e. The molecule has 0 bridgehead atoms. The van der Waals surface area contributed by atoms with E-state index < -0.39 is 0 Å². The van der Waals surface area contributed by atoms with Crippen LogP contribution in [0.3, 0.4) is 0 Å². The van der Waals surface area contributed by atoms with E-state index in [0.717, 1.165) is 36.4 Å². The normalized spacial score (nSPS) is 11.0. The molecule has 3 rings (SSSR count). The second-order valence-electron chi connectivity index (χ2n) is 7.18. The summed E-state index contributed by atoms with van der Waals surface area (Å²) in [4.78, 5) is 2.34. The van der Waals surface area contributed by atoms with E-state index in [1.54, 1.807) is 0 Å². The maximum absolute atomic E-state index is 4.83. The number of hydrogen-bond donors (Lipinski definition) is 0. The van der Waals surface area contributed by atoms with Crippen molar-refractivity contribution < 1.29 is 0 Å². The third-order valence-corrected chi connectivity index (χ3v) is 5.21. The molecule has 3 aromatic carbocycles. The predicted octanol–water partition coefficient (Wildman–Crippen LogP) is 6.58. The Balaban J connectivity index is 1.88. The smallest absolute Gasteiger partial charge is 0.0652 e. The maximum atomic E-state index is 4.83. The lowest BCUT2D eigenvalue weighted by atomic mass is 10.1. The fraction of sp³-hybridized carbons (Fsp3) is 0.269. The van der Waals surface area contributed by atoms with Gasteiger partial charge in [-0.3, -0.25) is 0 Å². The molecule has 29 heavy (non-hydrogen) atoms. The Hall–Kier alpha value is -3.07. The Morgan fingerprint density at radius 1 is 0.690 bits per heavy atom. The molecule has 0 fully saturated rings. The van der Waals surface area contributed by atoms with Gasteiger partial charge in [0, 0.05) is 18.8 Å². The minimum absolute atomic E-state index is 1.01. The van der Waals surface area contributed by atoms with Gasteiger partial charge in [0.1, 0.15) is 0 Å². The van der Waals surface area contributed by atoms with Gasteiger partial charge in [-0.05, 0) is 74.7 Å². The molecule has 0 saturated heterocycles. The Bertz CT molecular complexity index is 906. The fourth-order valence-electron chi connectivity index (χ4n) is 3.33. The van der Waals surface area contributed by atoms with Gasteiger partial charge in [0.25, 0.3) is 0 Å². The Kier molecular flexibility index (Phi) is 7.07. The Labute approximate surface area is 175 Å². The van der Waals surface area contributed by atoms with Gasteiger partial charge in [0.05, 0.1) is 17.6 Å². The number of aryl methyl sites for hydroxylation is 2. The van der Waals surface area contributed by atoms with Gasteiger partial charge in [-0.15, -0.1) is 0 Å². The van der Waals surface area contributed by atoms with Crippen LogP contribution in [0.15, 0.2) is 77.9 Å². The van der Waals surface area contributed by atoms with Crippen LogP contribution >= 0.6 is 0 Å². The minimum Gasteiger partial charge on any atom is -0.372 e. The van der Waals surface area contributed by atoms with Gasteiger partial charge in [-0.1, -0.05) is 48.9 Å². The van der Waals surface area contributed by atoms with Crippen molar-refractivity contribution >= 4 is 23.3 Å². The summed E-state index contributed by atoms with van der Waals surface area (Å²) in [6.07, 6.45) is 2.96. The number of hydrazone groups is 1. The van der Waals surface area contributed by atoms with Crippen molar-refractivity contribution in [2.45, 2.75) is 34.1 Å². The molecule has 3 heteroatoms. The minimum atomic E-state index is 1.01. The number of hydrogen-bond acceptors (Lipinski definition) is 3. The lowest BCUT2D eigenvalue weighted by molar-refractivity contribution is 0.866. The lowest BCUT2D eigenvalue weighted by Gasteiger charge is -2.21. The molecule has 3 aromatic rings.